The number of likely N-dealkylation sites (tertiary alicyclic amines) is 1. The highest BCUT2D eigenvalue weighted by molar-refractivity contribution is 5.95. The molecule has 6 nitrogen and oxygen atoms in total. The van der Waals surface area contributed by atoms with E-state index in [0.717, 1.165) is 24.2 Å². The first-order chi connectivity index (χ1) is 12.5. The lowest BCUT2D eigenvalue weighted by molar-refractivity contribution is -0.188. The lowest BCUT2D eigenvalue weighted by atomic mass is 9.84. The monoisotopic (exact) mass is 356 g/mol. The fourth-order valence-electron chi connectivity index (χ4n) is 3.80. The van der Waals surface area contributed by atoms with Crippen molar-refractivity contribution in [1.29, 1.82) is 0 Å². The molecule has 0 radical (unpaired) electrons. The van der Waals surface area contributed by atoms with Crippen LogP contribution in [-0.4, -0.2) is 47.2 Å². The molecule has 2 saturated heterocycles. The van der Waals surface area contributed by atoms with Crippen molar-refractivity contribution in [1.82, 2.24) is 9.88 Å². The Balaban J connectivity index is 1.32. The zero-order valence-corrected chi connectivity index (χ0v) is 15.2. The number of carbonyl (C=O) groups is 1. The summed E-state index contributed by atoms with van der Waals surface area (Å²) < 4.78 is 17.3. The number of hydrogen-bond donors (Lipinski definition) is 0. The average Bonchev–Trinajstić information content (AvgIpc) is 3.03. The standard InChI is InChI=1S/C20H24N2O4/c1-14-4-3-5-16(21-14)11-25-17-6-9-26-20(10-17)12-22(13-20)19(23)18-7-8-24-15(18)2/h3-5,7-8,17H,6,9-13H2,1-2H3/t17-/m0/s1. The number of rotatable bonds is 4. The van der Waals surface area contributed by atoms with Gasteiger partial charge in [-0.1, -0.05) is 6.07 Å². The molecule has 0 unspecified atom stereocenters. The summed E-state index contributed by atoms with van der Waals surface area (Å²) in [4.78, 5) is 18.8. The van der Waals surface area contributed by atoms with E-state index in [1.165, 1.54) is 0 Å². The second-order valence-corrected chi connectivity index (χ2v) is 7.28. The Kier molecular flexibility index (Phi) is 4.54. The molecule has 2 aliphatic heterocycles. The van der Waals surface area contributed by atoms with E-state index in [2.05, 4.69) is 4.98 Å². The lowest BCUT2D eigenvalue weighted by Crippen LogP contribution is -2.67. The van der Waals surface area contributed by atoms with Crippen LogP contribution < -0.4 is 0 Å². The van der Waals surface area contributed by atoms with E-state index in [9.17, 15) is 4.79 Å². The topological polar surface area (TPSA) is 64.8 Å². The molecular formula is C20H24N2O4. The highest BCUT2D eigenvalue weighted by atomic mass is 16.5. The molecular weight excluding hydrogens is 332 g/mol. The lowest BCUT2D eigenvalue weighted by Gasteiger charge is -2.52. The Morgan fingerprint density at radius 1 is 1.35 bits per heavy atom. The van der Waals surface area contributed by atoms with Crippen molar-refractivity contribution in [2.75, 3.05) is 19.7 Å². The molecule has 1 amide bonds. The minimum atomic E-state index is -0.268. The van der Waals surface area contributed by atoms with Crippen molar-refractivity contribution >= 4 is 5.91 Å². The zero-order chi connectivity index (χ0) is 18.1. The van der Waals surface area contributed by atoms with Crippen LogP contribution in [0.4, 0.5) is 0 Å². The van der Waals surface area contributed by atoms with E-state index < -0.39 is 0 Å². The summed E-state index contributed by atoms with van der Waals surface area (Å²) in [6, 6.07) is 7.69. The molecule has 0 N–H and O–H groups in total. The summed E-state index contributed by atoms with van der Waals surface area (Å²) in [5, 5.41) is 0. The number of hydrogen-bond acceptors (Lipinski definition) is 5. The van der Waals surface area contributed by atoms with E-state index in [4.69, 9.17) is 13.9 Å². The summed E-state index contributed by atoms with van der Waals surface area (Å²) in [7, 11) is 0. The van der Waals surface area contributed by atoms with Crippen LogP contribution in [0.1, 0.15) is 40.3 Å². The third-order valence-corrected chi connectivity index (χ3v) is 5.20. The molecule has 6 heteroatoms. The molecule has 4 heterocycles. The molecule has 1 spiro atoms. The molecule has 4 rings (SSSR count). The first kappa shape index (κ1) is 17.2. The van der Waals surface area contributed by atoms with Crippen LogP contribution in [0.2, 0.25) is 0 Å². The number of ether oxygens (including phenoxy) is 2. The van der Waals surface area contributed by atoms with E-state index in [-0.39, 0.29) is 17.6 Å². The van der Waals surface area contributed by atoms with Crippen LogP contribution in [0.3, 0.4) is 0 Å². The zero-order valence-electron chi connectivity index (χ0n) is 15.2. The van der Waals surface area contributed by atoms with Gasteiger partial charge in [0.25, 0.3) is 5.91 Å². The summed E-state index contributed by atoms with van der Waals surface area (Å²) in [6.45, 7) is 6.19. The second kappa shape index (κ2) is 6.85. The van der Waals surface area contributed by atoms with Gasteiger partial charge >= 0.3 is 0 Å². The maximum atomic E-state index is 12.5. The summed E-state index contributed by atoms with van der Waals surface area (Å²) >= 11 is 0. The Bertz CT molecular complexity index is 795. The third-order valence-electron chi connectivity index (χ3n) is 5.20. The highest BCUT2D eigenvalue weighted by Gasteiger charge is 2.50. The fraction of sp³-hybridized carbons (Fsp3) is 0.500. The van der Waals surface area contributed by atoms with Crippen molar-refractivity contribution in [2.24, 2.45) is 0 Å². The SMILES string of the molecule is Cc1cccc(CO[C@H]2CCOC3(C2)CN(C(=O)c2ccoc2C)C3)n1. The maximum absolute atomic E-state index is 12.5. The van der Waals surface area contributed by atoms with Gasteiger partial charge in [0.05, 0.1) is 43.3 Å². The van der Waals surface area contributed by atoms with Gasteiger partial charge in [-0.2, -0.15) is 0 Å². The molecule has 0 bridgehead atoms. The maximum Gasteiger partial charge on any atom is 0.257 e. The van der Waals surface area contributed by atoms with E-state index in [0.29, 0.717) is 37.6 Å². The molecule has 138 valence electrons. The van der Waals surface area contributed by atoms with E-state index >= 15 is 0 Å². The first-order valence-corrected chi connectivity index (χ1v) is 9.06. The minimum Gasteiger partial charge on any atom is -0.469 e. The van der Waals surface area contributed by atoms with Gasteiger partial charge in [0.1, 0.15) is 11.4 Å². The number of carbonyl (C=O) groups excluding carboxylic acids is 1. The normalized spacial score (nSPS) is 21.6. The van der Waals surface area contributed by atoms with Gasteiger partial charge in [-0.25, -0.2) is 0 Å². The van der Waals surface area contributed by atoms with Gasteiger partial charge < -0.3 is 18.8 Å². The number of aromatic nitrogens is 1. The van der Waals surface area contributed by atoms with E-state index in [1.807, 2.05) is 36.9 Å². The predicted molar refractivity (Wildman–Crippen MR) is 94.8 cm³/mol. The van der Waals surface area contributed by atoms with Crippen LogP contribution in [-0.2, 0) is 16.1 Å². The summed E-state index contributed by atoms with van der Waals surface area (Å²) in [6.07, 6.45) is 3.38. The molecule has 1 atom stereocenters. The van der Waals surface area contributed by atoms with Gasteiger partial charge in [-0.3, -0.25) is 9.78 Å². The molecule has 2 fully saturated rings. The van der Waals surface area contributed by atoms with Gasteiger partial charge in [-0.15, -0.1) is 0 Å². The van der Waals surface area contributed by atoms with Crippen molar-refractivity contribution in [3.05, 3.63) is 53.2 Å². The van der Waals surface area contributed by atoms with Crippen molar-refractivity contribution in [3.8, 4) is 0 Å². The van der Waals surface area contributed by atoms with Gasteiger partial charge in [0.15, 0.2) is 0 Å². The number of amides is 1. The quantitative estimate of drug-likeness (QED) is 0.843. The minimum absolute atomic E-state index is 0.0116. The van der Waals surface area contributed by atoms with Crippen LogP contribution in [0, 0.1) is 13.8 Å². The Morgan fingerprint density at radius 2 is 2.19 bits per heavy atom. The molecule has 2 aromatic rings. The number of furan rings is 1. The average molecular weight is 356 g/mol. The van der Waals surface area contributed by atoms with Crippen LogP contribution in [0.5, 0.6) is 0 Å². The largest absolute Gasteiger partial charge is 0.469 e. The van der Waals surface area contributed by atoms with E-state index in [1.54, 1.807) is 12.3 Å². The Labute approximate surface area is 153 Å². The van der Waals surface area contributed by atoms with Gasteiger partial charge in [0, 0.05) is 18.7 Å². The molecule has 0 saturated carbocycles. The van der Waals surface area contributed by atoms with Crippen LogP contribution in [0.25, 0.3) is 0 Å². The third kappa shape index (κ3) is 3.39. The number of pyridine rings is 1. The fourth-order valence-corrected chi connectivity index (χ4v) is 3.80. The molecule has 26 heavy (non-hydrogen) atoms. The molecule has 0 aromatic carbocycles. The van der Waals surface area contributed by atoms with Crippen molar-refractivity contribution in [3.63, 3.8) is 0 Å². The molecule has 0 aliphatic carbocycles. The van der Waals surface area contributed by atoms with Crippen LogP contribution in [0.15, 0.2) is 34.9 Å². The molecule has 2 aliphatic rings. The van der Waals surface area contributed by atoms with Gasteiger partial charge in [0.2, 0.25) is 0 Å². The Morgan fingerprint density at radius 3 is 2.92 bits per heavy atom. The summed E-state index contributed by atoms with van der Waals surface area (Å²) in [5.41, 5.74) is 2.31. The predicted octanol–water partition coefficient (Wildman–Crippen LogP) is 2.88. The second-order valence-electron chi connectivity index (χ2n) is 7.28. The van der Waals surface area contributed by atoms with Gasteiger partial charge in [-0.05, 0) is 38.5 Å². The summed E-state index contributed by atoms with van der Waals surface area (Å²) in [5.74, 6) is 0.671. The number of aryl methyl sites for hydroxylation is 2. The van der Waals surface area contributed by atoms with Crippen molar-refractivity contribution < 1.29 is 18.7 Å². The molecule has 2 aromatic heterocycles. The van der Waals surface area contributed by atoms with Crippen molar-refractivity contribution in [2.45, 2.75) is 45.0 Å². The Hall–Kier alpha value is -2.18. The first-order valence-electron chi connectivity index (χ1n) is 9.06. The van der Waals surface area contributed by atoms with Crippen LogP contribution >= 0.6 is 0 Å². The highest BCUT2D eigenvalue weighted by Crippen LogP contribution is 2.36. The number of nitrogens with zero attached hydrogens (tertiary/aromatic N) is 2. The smallest absolute Gasteiger partial charge is 0.257 e.